The summed E-state index contributed by atoms with van der Waals surface area (Å²) in [6.07, 6.45) is 0. The van der Waals surface area contributed by atoms with Gasteiger partial charge in [-0.15, -0.1) is 0 Å². The van der Waals surface area contributed by atoms with Crippen LogP contribution in [0.5, 0.6) is 0 Å². The first-order valence-corrected chi connectivity index (χ1v) is 8.00. The highest BCUT2D eigenvalue weighted by molar-refractivity contribution is 7.93. The molecule has 0 unspecified atom stereocenters. The molecule has 0 amide bonds. The van der Waals surface area contributed by atoms with Gasteiger partial charge in [0.05, 0.1) is 5.25 Å². The molecule has 2 N–H and O–H groups in total. The van der Waals surface area contributed by atoms with Crippen molar-refractivity contribution < 1.29 is 8.42 Å². The maximum absolute atomic E-state index is 11.7. The Morgan fingerprint density at radius 2 is 1.63 bits per heavy atom. The van der Waals surface area contributed by atoms with Crippen molar-refractivity contribution in [2.24, 2.45) is 0 Å². The summed E-state index contributed by atoms with van der Waals surface area (Å²) in [5, 5.41) is 2.95. The Balaban J connectivity index is 2.67. The van der Waals surface area contributed by atoms with Crippen LogP contribution in [0.1, 0.15) is 40.2 Å². The monoisotopic (exact) mass is 284 g/mol. The Labute approximate surface area is 116 Å². The Morgan fingerprint density at radius 3 is 2.05 bits per heavy atom. The van der Waals surface area contributed by atoms with E-state index < -0.39 is 15.3 Å². The van der Waals surface area contributed by atoms with Gasteiger partial charge in [-0.05, 0) is 52.3 Å². The first kappa shape index (κ1) is 16.0. The largest absolute Gasteiger partial charge is 0.308 e. The van der Waals surface area contributed by atoms with Crippen LogP contribution in [0, 0.1) is 0 Å². The minimum atomic E-state index is -3.27. The number of nitrogens with one attached hydrogen (secondary N) is 2. The zero-order valence-electron chi connectivity index (χ0n) is 12.3. The average molecular weight is 284 g/mol. The van der Waals surface area contributed by atoms with Crippen LogP contribution in [-0.2, 0) is 16.6 Å². The van der Waals surface area contributed by atoms with E-state index in [9.17, 15) is 8.42 Å². The van der Waals surface area contributed by atoms with Gasteiger partial charge in [0.25, 0.3) is 0 Å². The molecule has 0 spiro atoms. The van der Waals surface area contributed by atoms with Gasteiger partial charge in [-0.25, -0.2) is 8.42 Å². The van der Waals surface area contributed by atoms with Crippen molar-refractivity contribution in [2.75, 3.05) is 4.72 Å². The quantitative estimate of drug-likeness (QED) is 0.874. The minimum Gasteiger partial charge on any atom is -0.308 e. The van der Waals surface area contributed by atoms with E-state index in [-0.39, 0.29) is 5.54 Å². The van der Waals surface area contributed by atoms with Crippen LogP contribution in [0.4, 0.5) is 5.69 Å². The fourth-order valence-corrected chi connectivity index (χ4v) is 2.04. The summed E-state index contributed by atoms with van der Waals surface area (Å²) in [5.41, 5.74) is 1.80. The van der Waals surface area contributed by atoms with E-state index in [4.69, 9.17) is 0 Å². The molecular weight excluding hydrogens is 260 g/mol. The Hall–Kier alpha value is -1.07. The number of anilines is 1. The number of sulfonamides is 1. The van der Waals surface area contributed by atoms with Gasteiger partial charge in [-0.1, -0.05) is 12.1 Å². The second-order valence-electron chi connectivity index (χ2n) is 6.00. The van der Waals surface area contributed by atoms with E-state index in [1.54, 1.807) is 26.0 Å². The third kappa shape index (κ3) is 5.61. The van der Waals surface area contributed by atoms with Gasteiger partial charge in [0.1, 0.15) is 0 Å². The van der Waals surface area contributed by atoms with Crippen molar-refractivity contribution in [3.05, 3.63) is 29.8 Å². The zero-order valence-corrected chi connectivity index (χ0v) is 13.1. The molecule has 1 aromatic carbocycles. The molecule has 5 heteroatoms. The molecule has 0 aliphatic heterocycles. The Bertz CT molecular complexity index is 499. The van der Waals surface area contributed by atoms with Gasteiger partial charge in [-0.3, -0.25) is 4.72 Å². The van der Waals surface area contributed by atoms with E-state index in [1.165, 1.54) is 0 Å². The summed E-state index contributed by atoms with van der Waals surface area (Å²) in [6.45, 7) is 10.4. The van der Waals surface area contributed by atoms with Crippen molar-refractivity contribution >= 4 is 15.7 Å². The molecule has 0 aromatic heterocycles. The SMILES string of the molecule is CC(C)S(=O)(=O)Nc1ccc(CNC(C)(C)C)cc1. The molecule has 1 aromatic rings. The van der Waals surface area contributed by atoms with Gasteiger partial charge in [-0.2, -0.15) is 0 Å². The van der Waals surface area contributed by atoms with Crippen LogP contribution in [0.15, 0.2) is 24.3 Å². The maximum atomic E-state index is 11.7. The fraction of sp³-hybridized carbons (Fsp3) is 0.571. The highest BCUT2D eigenvalue weighted by Gasteiger charge is 2.15. The fourth-order valence-electron chi connectivity index (χ4n) is 1.34. The number of rotatable bonds is 5. The second kappa shape index (κ2) is 5.92. The van der Waals surface area contributed by atoms with Crippen molar-refractivity contribution in [2.45, 2.75) is 52.0 Å². The average Bonchev–Trinajstić information content (AvgIpc) is 2.26. The smallest absolute Gasteiger partial charge is 0.235 e. The zero-order chi connectivity index (χ0) is 14.7. The van der Waals surface area contributed by atoms with Crippen molar-refractivity contribution in [1.82, 2.24) is 5.32 Å². The normalized spacial score (nSPS) is 12.7. The molecule has 0 saturated heterocycles. The van der Waals surface area contributed by atoms with E-state index in [0.29, 0.717) is 5.69 Å². The Kier molecular flexibility index (Phi) is 4.98. The van der Waals surface area contributed by atoms with Crippen LogP contribution in [0.3, 0.4) is 0 Å². The highest BCUT2D eigenvalue weighted by atomic mass is 32.2. The summed E-state index contributed by atoms with van der Waals surface area (Å²) in [7, 11) is -3.27. The second-order valence-corrected chi connectivity index (χ2v) is 8.23. The Morgan fingerprint density at radius 1 is 1.11 bits per heavy atom. The summed E-state index contributed by atoms with van der Waals surface area (Å²) < 4.78 is 26.0. The first-order valence-electron chi connectivity index (χ1n) is 6.46. The van der Waals surface area contributed by atoms with Gasteiger partial charge < -0.3 is 5.32 Å². The summed E-state index contributed by atoms with van der Waals surface area (Å²) in [6, 6.07) is 7.44. The van der Waals surface area contributed by atoms with Crippen LogP contribution < -0.4 is 10.0 Å². The molecule has 0 bridgehead atoms. The van der Waals surface area contributed by atoms with Crippen LogP contribution in [-0.4, -0.2) is 19.2 Å². The summed E-state index contributed by atoms with van der Waals surface area (Å²) >= 11 is 0. The van der Waals surface area contributed by atoms with Gasteiger partial charge in [0.15, 0.2) is 0 Å². The predicted octanol–water partition coefficient (Wildman–Crippen LogP) is 2.72. The predicted molar refractivity (Wildman–Crippen MR) is 80.7 cm³/mol. The molecule has 0 heterocycles. The van der Waals surface area contributed by atoms with Gasteiger partial charge in [0, 0.05) is 17.8 Å². The molecule has 1 rings (SSSR count). The van der Waals surface area contributed by atoms with E-state index in [1.807, 2.05) is 12.1 Å². The number of hydrogen-bond donors (Lipinski definition) is 2. The molecule has 108 valence electrons. The molecular formula is C14H24N2O2S. The maximum Gasteiger partial charge on any atom is 0.235 e. The number of hydrogen-bond acceptors (Lipinski definition) is 3. The molecule has 0 saturated carbocycles. The summed E-state index contributed by atoms with van der Waals surface area (Å²) in [4.78, 5) is 0. The molecule has 0 radical (unpaired) electrons. The first-order chi connectivity index (χ1) is 8.60. The standard InChI is InChI=1S/C14H24N2O2S/c1-11(2)19(17,18)16-13-8-6-12(7-9-13)10-15-14(3,4)5/h6-9,11,15-16H,10H2,1-5H3. The van der Waals surface area contributed by atoms with Crippen molar-refractivity contribution in [1.29, 1.82) is 0 Å². The number of benzene rings is 1. The topological polar surface area (TPSA) is 58.2 Å². The van der Waals surface area contributed by atoms with Crippen LogP contribution in [0.25, 0.3) is 0 Å². The third-order valence-electron chi connectivity index (χ3n) is 2.66. The lowest BCUT2D eigenvalue weighted by Gasteiger charge is -2.20. The molecule has 19 heavy (non-hydrogen) atoms. The molecule has 0 fully saturated rings. The molecule has 0 aliphatic carbocycles. The van der Waals surface area contributed by atoms with Crippen molar-refractivity contribution in [3.63, 3.8) is 0 Å². The lowest BCUT2D eigenvalue weighted by Crippen LogP contribution is -2.35. The molecule has 0 atom stereocenters. The highest BCUT2D eigenvalue weighted by Crippen LogP contribution is 2.14. The van der Waals surface area contributed by atoms with Crippen LogP contribution >= 0.6 is 0 Å². The lowest BCUT2D eigenvalue weighted by atomic mass is 10.1. The summed E-state index contributed by atoms with van der Waals surface area (Å²) in [5.74, 6) is 0. The van der Waals surface area contributed by atoms with E-state index >= 15 is 0 Å². The van der Waals surface area contributed by atoms with E-state index in [0.717, 1.165) is 12.1 Å². The van der Waals surface area contributed by atoms with E-state index in [2.05, 4.69) is 30.8 Å². The third-order valence-corrected chi connectivity index (χ3v) is 4.42. The molecule has 4 nitrogen and oxygen atoms in total. The van der Waals surface area contributed by atoms with Crippen LogP contribution in [0.2, 0.25) is 0 Å². The molecule has 0 aliphatic rings. The minimum absolute atomic E-state index is 0.0674. The van der Waals surface area contributed by atoms with Crippen molar-refractivity contribution in [3.8, 4) is 0 Å². The van der Waals surface area contributed by atoms with Gasteiger partial charge >= 0.3 is 0 Å². The lowest BCUT2D eigenvalue weighted by molar-refractivity contribution is 0.424. The van der Waals surface area contributed by atoms with Gasteiger partial charge in [0.2, 0.25) is 10.0 Å².